The second kappa shape index (κ2) is 5.89. The molecule has 92 valence electrons. The van der Waals surface area contributed by atoms with Crippen molar-refractivity contribution >= 4 is 29.6 Å². The van der Waals surface area contributed by atoms with E-state index in [-0.39, 0.29) is 6.04 Å². The van der Waals surface area contributed by atoms with Crippen molar-refractivity contribution in [1.29, 1.82) is 0 Å². The van der Waals surface area contributed by atoms with E-state index in [4.69, 9.17) is 23.2 Å². The summed E-state index contributed by atoms with van der Waals surface area (Å²) in [5, 5.41) is 3.81. The Bertz CT molecular complexity index is 522. The van der Waals surface area contributed by atoms with E-state index in [0.717, 1.165) is 5.56 Å². The number of carbonyl (C=O) groups is 1. The number of amides is 1. The highest BCUT2D eigenvalue weighted by atomic mass is 35.5. The summed E-state index contributed by atoms with van der Waals surface area (Å²) in [5.41, 5.74) is 1.64. The molecule has 1 N–H and O–H groups in total. The van der Waals surface area contributed by atoms with Crippen LogP contribution in [0.15, 0.2) is 48.5 Å². The van der Waals surface area contributed by atoms with Crippen LogP contribution in [0.3, 0.4) is 0 Å². The summed E-state index contributed by atoms with van der Waals surface area (Å²) in [6.45, 7) is 0. The van der Waals surface area contributed by atoms with Gasteiger partial charge >= 0.3 is 0 Å². The van der Waals surface area contributed by atoms with Crippen LogP contribution in [-0.2, 0) is 4.79 Å². The lowest BCUT2D eigenvalue weighted by Gasteiger charge is -2.19. The van der Waals surface area contributed by atoms with E-state index in [9.17, 15) is 4.79 Å². The SMILES string of the molecule is O=CNC(c1ccccc1)c1c(Cl)cccc1Cl. The minimum absolute atomic E-state index is 0.343. The molecule has 2 aromatic rings. The third-order valence-electron chi connectivity index (χ3n) is 2.66. The molecule has 2 nitrogen and oxygen atoms in total. The third kappa shape index (κ3) is 2.66. The lowest BCUT2D eigenvalue weighted by molar-refractivity contribution is -0.110. The van der Waals surface area contributed by atoms with Gasteiger partial charge in [0.2, 0.25) is 6.41 Å². The van der Waals surface area contributed by atoms with Crippen molar-refractivity contribution in [1.82, 2.24) is 5.32 Å². The van der Waals surface area contributed by atoms with Crippen molar-refractivity contribution in [3.05, 3.63) is 69.7 Å². The first-order valence-electron chi connectivity index (χ1n) is 5.42. The maximum Gasteiger partial charge on any atom is 0.207 e. The van der Waals surface area contributed by atoms with Crippen LogP contribution in [0.5, 0.6) is 0 Å². The number of hydrogen-bond donors (Lipinski definition) is 1. The number of rotatable bonds is 4. The topological polar surface area (TPSA) is 29.1 Å². The fourth-order valence-electron chi connectivity index (χ4n) is 1.85. The molecule has 1 unspecified atom stereocenters. The molecular formula is C14H11Cl2NO. The molecule has 18 heavy (non-hydrogen) atoms. The third-order valence-corrected chi connectivity index (χ3v) is 3.32. The van der Waals surface area contributed by atoms with Crippen molar-refractivity contribution in [2.45, 2.75) is 6.04 Å². The van der Waals surface area contributed by atoms with Gasteiger partial charge in [0.1, 0.15) is 0 Å². The quantitative estimate of drug-likeness (QED) is 0.847. The molecule has 0 saturated carbocycles. The predicted octanol–water partition coefficient (Wildman–Crippen LogP) is 3.83. The molecule has 1 amide bonds. The molecule has 0 heterocycles. The monoisotopic (exact) mass is 279 g/mol. The Balaban J connectivity index is 2.52. The molecule has 0 aromatic heterocycles. The molecule has 0 fully saturated rings. The Morgan fingerprint density at radius 1 is 0.944 bits per heavy atom. The minimum atomic E-state index is -0.343. The van der Waals surface area contributed by atoms with E-state index in [1.54, 1.807) is 18.2 Å². The first-order valence-corrected chi connectivity index (χ1v) is 6.18. The van der Waals surface area contributed by atoms with Gasteiger partial charge in [-0.05, 0) is 17.7 Å². The Morgan fingerprint density at radius 3 is 2.11 bits per heavy atom. The molecule has 0 spiro atoms. The summed E-state index contributed by atoms with van der Waals surface area (Å²) < 4.78 is 0. The predicted molar refractivity (Wildman–Crippen MR) is 73.9 cm³/mol. The van der Waals surface area contributed by atoms with Gasteiger partial charge in [-0.15, -0.1) is 0 Å². The standard InChI is InChI=1S/C14H11Cl2NO/c15-11-7-4-8-12(16)13(11)14(17-9-18)10-5-2-1-3-6-10/h1-9,14H,(H,17,18). The summed E-state index contributed by atoms with van der Waals surface area (Å²) in [7, 11) is 0. The molecular weight excluding hydrogens is 269 g/mol. The number of nitrogens with one attached hydrogen (secondary N) is 1. The highest BCUT2D eigenvalue weighted by Crippen LogP contribution is 2.33. The van der Waals surface area contributed by atoms with Gasteiger partial charge in [-0.25, -0.2) is 0 Å². The van der Waals surface area contributed by atoms with E-state index in [1.807, 2.05) is 30.3 Å². The molecule has 0 saturated heterocycles. The molecule has 2 aromatic carbocycles. The van der Waals surface area contributed by atoms with Gasteiger partial charge in [0.15, 0.2) is 0 Å². The summed E-state index contributed by atoms with van der Waals surface area (Å²) in [4.78, 5) is 10.8. The summed E-state index contributed by atoms with van der Waals surface area (Å²) in [6, 6.07) is 14.5. The van der Waals surface area contributed by atoms with Crippen LogP contribution < -0.4 is 5.32 Å². The van der Waals surface area contributed by atoms with E-state index < -0.39 is 0 Å². The van der Waals surface area contributed by atoms with Crippen LogP contribution in [0.1, 0.15) is 17.2 Å². The molecule has 0 radical (unpaired) electrons. The molecule has 0 aliphatic heterocycles. The molecule has 0 bridgehead atoms. The van der Waals surface area contributed by atoms with Crippen molar-refractivity contribution in [3.8, 4) is 0 Å². The fraction of sp³-hybridized carbons (Fsp3) is 0.0714. The molecule has 0 aliphatic rings. The van der Waals surface area contributed by atoms with Gasteiger partial charge in [0.05, 0.1) is 6.04 Å². The smallest absolute Gasteiger partial charge is 0.207 e. The van der Waals surface area contributed by atoms with Crippen LogP contribution in [0, 0.1) is 0 Å². The lowest BCUT2D eigenvalue weighted by atomic mass is 9.99. The second-order valence-electron chi connectivity index (χ2n) is 3.76. The zero-order valence-corrected chi connectivity index (χ0v) is 10.9. The fourth-order valence-corrected chi connectivity index (χ4v) is 2.46. The van der Waals surface area contributed by atoms with Crippen molar-refractivity contribution in [2.75, 3.05) is 0 Å². The minimum Gasteiger partial charge on any atom is -0.348 e. The van der Waals surface area contributed by atoms with Crippen molar-refractivity contribution in [2.24, 2.45) is 0 Å². The Labute approximate surface area is 116 Å². The average Bonchev–Trinajstić information content (AvgIpc) is 2.38. The summed E-state index contributed by atoms with van der Waals surface area (Å²) in [5.74, 6) is 0. The first-order chi connectivity index (χ1) is 8.74. The Hall–Kier alpha value is -1.51. The highest BCUT2D eigenvalue weighted by Gasteiger charge is 2.18. The van der Waals surface area contributed by atoms with E-state index in [2.05, 4.69) is 5.32 Å². The molecule has 1 atom stereocenters. The second-order valence-corrected chi connectivity index (χ2v) is 4.58. The van der Waals surface area contributed by atoms with Crippen LogP contribution in [0.2, 0.25) is 10.0 Å². The van der Waals surface area contributed by atoms with Crippen LogP contribution >= 0.6 is 23.2 Å². The van der Waals surface area contributed by atoms with Crippen molar-refractivity contribution < 1.29 is 4.79 Å². The van der Waals surface area contributed by atoms with Gasteiger partial charge < -0.3 is 5.32 Å². The summed E-state index contributed by atoms with van der Waals surface area (Å²) in [6.07, 6.45) is 0.650. The lowest BCUT2D eigenvalue weighted by Crippen LogP contribution is -2.21. The Morgan fingerprint density at radius 2 is 1.56 bits per heavy atom. The zero-order valence-electron chi connectivity index (χ0n) is 9.44. The van der Waals surface area contributed by atoms with Gasteiger partial charge in [-0.1, -0.05) is 59.6 Å². The largest absolute Gasteiger partial charge is 0.348 e. The average molecular weight is 280 g/mol. The van der Waals surface area contributed by atoms with Crippen LogP contribution in [0.4, 0.5) is 0 Å². The van der Waals surface area contributed by atoms with Crippen LogP contribution in [0.25, 0.3) is 0 Å². The van der Waals surface area contributed by atoms with Gasteiger partial charge in [-0.3, -0.25) is 4.79 Å². The maximum absolute atomic E-state index is 10.8. The first kappa shape index (κ1) is 12.9. The van der Waals surface area contributed by atoms with Crippen molar-refractivity contribution in [3.63, 3.8) is 0 Å². The molecule has 4 heteroatoms. The van der Waals surface area contributed by atoms with E-state index in [0.29, 0.717) is 22.0 Å². The van der Waals surface area contributed by atoms with E-state index >= 15 is 0 Å². The summed E-state index contributed by atoms with van der Waals surface area (Å²) >= 11 is 12.3. The number of hydrogen-bond acceptors (Lipinski definition) is 1. The molecule has 0 aliphatic carbocycles. The van der Waals surface area contributed by atoms with E-state index in [1.165, 1.54) is 0 Å². The van der Waals surface area contributed by atoms with Gasteiger partial charge in [-0.2, -0.15) is 0 Å². The molecule has 2 rings (SSSR count). The number of carbonyl (C=O) groups excluding carboxylic acids is 1. The zero-order chi connectivity index (χ0) is 13.0. The number of halogens is 2. The van der Waals surface area contributed by atoms with Gasteiger partial charge in [0.25, 0.3) is 0 Å². The van der Waals surface area contributed by atoms with Gasteiger partial charge in [0, 0.05) is 15.6 Å². The van der Waals surface area contributed by atoms with Crippen LogP contribution in [-0.4, -0.2) is 6.41 Å². The normalized spacial score (nSPS) is 11.9. The highest BCUT2D eigenvalue weighted by molar-refractivity contribution is 6.36. The Kier molecular flexibility index (Phi) is 4.24. The number of benzene rings is 2. The maximum atomic E-state index is 10.8.